The highest BCUT2D eigenvalue weighted by atomic mass is 32.2. The second-order valence-electron chi connectivity index (χ2n) is 7.42. The van der Waals surface area contributed by atoms with Gasteiger partial charge >= 0.3 is 5.97 Å². The van der Waals surface area contributed by atoms with Gasteiger partial charge in [0.25, 0.3) is 0 Å². The number of nitrogens with one attached hydrogen (secondary N) is 1. The molecular weight excluding hydrogens is 386 g/mol. The molecule has 0 heterocycles. The van der Waals surface area contributed by atoms with Crippen molar-refractivity contribution in [3.05, 3.63) is 65.7 Å². The second kappa shape index (κ2) is 10.1. The summed E-state index contributed by atoms with van der Waals surface area (Å²) in [6.07, 6.45) is 4.94. The molecule has 29 heavy (non-hydrogen) atoms. The van der Waals surface area contributed by atoms with E-state index in [1.165, 1.54) is 6.08 Å². The van der Waals surface area contributed by atoms with Crippen LogP contribution in [0.2, 0.25) is 0 Å². The van der Waals surface area contributed by atoms with Gasteiger partial charge in [-0.05, 0) is 54.3 Å². The lowest BCUT2D eigenvalue weighted by atomic mass is 9.95. The van der Waals surface area contributed by atoms with Crippen molar-refractivity contribution in [2.24, 2.45) is 5.41 Å². The van der Waals surface area contributed by atoms with Crippen molar-refractivity contribution in [1.29, 1.82) is 0 Å². The minimum Gasteiger partial charge on any atom is -0.454 e. The fourth-order valence-electron chi connectivity index (χ4n) is 2.21. The van der Waals surface area contributed by atoms with Crippen molar-refractivity contribution < 1.29 is 19.1 Å². The third-order valence-corrected chi connectivity index (χ3v) is 4.76. The van der Waals surface area contributed by atoms with Crippen LogP contribution in [0.1, 0.15) is 36.7 Å². The maximum atomic E-state index is 12.2. The number of Topliss-reactive ketones (excluding diaryl/α,β-unsaturated/α-hetero) is 1. The number of thioether (sulfide) groups is 1. The summed E-state index contributed by atoms with van der Waals surface area (Å²) >= 11 is 1.64. The molecule has 5 nitrogen and oxygen atoms in total. The molecule has 0 aliphatic carbocycles. The smallest absolute Gasteiger partial charge is 0.331 e. The number of ketones is 1. The van der Waals surface area contributed by atoms with E-state index >= 15 is 0 Å². The number of anilines is 1. The molecule has 0 aliphatic heterocycles. The van der Waals surface area contributed by atoms with Crippen molar-refractivity contribution in [3.63, 3.8) is 0 Å². The topological polar surface area (TPSA) is 72.5 Å². The highest BCUT2D eigenvalue weighted by molar-refractivity contribution is 7.98. The standard InChI is InChI=1S/C23H25NO4S/c1-23(2,3)22(27)24-18-10-8-17(9-11-18)20(25)15-28-21(26)14-7-16-5-12-19(29-4)13-6-16/h5-14H,15H2,1-4H3,(H,24,27)/b14-7+. The largest absolute Gasteiger partial charge is 0.454 e. The van der Waals surface area contributed by atoms with Crippen molar-refractivity contribution in [1.82, 2.24) is 0 Å². The summed E-state index contributed by atoms with van der Waals surface area (Å²) in [7, 11) is 0. The monoisotopic (exact) mass is 411 g/mol. The highest BCUT2D eigenvalue weighted by Gasteiger charge is 2.21. The first-order valence-corrected chi connectivity index (χ1v) is 10.3. The molecule has 2 aromatic carbocycles. The Morgan fingerprint density at radius 2 is 1.62 bits per heavy atom. The number of rotatable bonds is 7. The molecule has 0 fully saturated rings. The molecule has 0 aromatic heterocycles. The Balaban J connectivity index is 1.85. The number of benzene rings is 2. The molecule has 6 heteroatoms. The lowest BCUT2D eigenvalue weighted by Crippen LogP contribution is -2.27. The van der Waals surface area contributed by atoms with Crippen LogP contribution >= 0.6 is 11.8 Å². The van der Waals surface area contributed by atoms with Crippen molar-refractivity contribution in [2.75, 3.05) is 18.2 Å². The van der Waals surface area contributed by atoms with Crippen LogP contribution in [-0.4, -0.2) is 30.5 Å². The molecule has 1 N–H and O–H groups in total. The van der Waals surface area contributed by atoms with E-state index in [1.54, 1.807) is 42.1 Å². The number of amides is 1. The van der Waals surface area contributed by atoms with Gasteiger partial charge < -0.3 is 10.1 Å². The van der Waals surface area contributed by atoms with E-state index in [4.69, 9.17) is 4.74 Å². The van der Waals surface area contributed by atoms with Gasteiger partial charge in [0.05, 0.1) is 0 Å². The third kappa shape index (κ3) is 7.23. The van der Waals surface area contributed by atoms with E-state index in [0.717, 1.165) is 10.5 Å². The van der Waals surface area contributed by atoms with E-state index < -0.39 is 11.4 Å². The normalized spacial score (nSPS) is 11.3. The first-order chi connectivity index (χ1) is 13.7. The van der Waals surface area contributed by atoms with Crippen LogP contribution in [0.5, 0.6) is 0 Å². The Bertz CT molecular complexity index is 894. The van der Waals surface area contributed by atoms with Gasteiger partial charge in [-0.2, -0.15) is 0 Å². The molecule has 0 aliphatic rings. The van der Waals surface area contributed by atoms with Gasteiger partial charge in [-0.1, -0.05) is 32.9 Å². The van der Waals surface area contributed by atoms with E-state index in [-0.39, 0.29) is 18.3 Å². The van der Waals surface area contributed by atoms with Crippen molar-refractivity contribution in [2.45, 2.75) is 25.7 Å². The van der Waals surface area contributed by atoms with Gasteiger partial charge in [-0.3, -0.25) is 9.59 Å². The molecule has 0 radical (unpaired) electrons. The first-order valence-electron chi connectivity index (χ1n) is 9.12. The van der Waals surface area contributed by atoms with Crippen LogP contribution in [0.3, 0.4) is 0 Å². The minimum atomic E-state index is -0.582. The first kappa shape index (κ1) is 22.4. The third-order valence-electron chi connectivity index (χ3n) is 4.02. The summed E-state index contributed by atoms with van der Waals surface area (Å²) in [6, 6.07) is 14.2. The molecule has 0 saturated carbocycles. The fourth-order valence-corrected chi connectivity index (χ4v) is 2.61. The van der Waals surface area contributed by atoms with Crippen LogP contribution in [0, 0.1) is 5.41 Å². The molecule has 0 unspecified atom stereocenters. The predicted octanol–water partition coefficient (Wildman–Crippen LogP) is 4.83. The molecule has 0 saturated heterocycles. The number of ether oxygens (including phenoxy) is 1. The summed E-state index contributed by atoms with van der Waals surface area (Å²) in [4.78, 5) is 37.1. The Kier molecular flexibility index (Phi) is 7.79. The second-order valence-corrected chi connectivity index (χ2v) is 8.30. The fraction of sp³-hybridized carbons (Fsp3) is 0.261. The highest BCUT2D eigenvalue weighted by Crippen LogP contribution is 2.18. The summed E-state index contributed by atoms with van der Waals surface area (Å²) in [5, 5.41) is 2.79. The number of hydrogen-bond acceptors (Lipinski definition) is 5. The molecular formula is C23H25NO4S. The molecule has 0 spiro atoms. The maximum Gasteiger partial charge on any atom is 0.331 e. The number of hydrogen-bond donors (Lipinski definition) is 1. The van der Waals surface area contributed by atoms with E-state index in [2.05, 4.69) is 5.32 Å². The van der Waals surface area contributed by atoms with Gasteiger partial charge in [0.15, 0.2) is 12.4 Å². The summed E-state index contributed by atoms with van der Waals surface area (Å²) in [5.74, 6) is -1.01. The number of esters is 1. The zero-order chi connectivity index (χ0) is 21.4. The summed E-state index contributed by atoms with van der Waals surface area (Å²) < 4.78 is 5.02. The van der Waals surface area contributed by atoms with Gasteiger partial charge in [0.2, 0.25) is 5.91 Å². The number of carbonyl (C=O) groups excluding carboxylic acids is 3. The van der Waals surface area contributed by atoms with E-state index in [9.17, 15) is 14.4 Å². The van der Waals surface area contributed by atoms with Crippen LogP contribution in [0.15, 0.2) is 59.5 Å². The molecule has 2 rings (SSSR count). The average Bonchev–Trinajstić information content (AvgIpc) is 2.70. The summed E-state index contributed by atoms with van der Waals surface area (Å²) in [5.41, 5.74) is 1.38. The molecule has 0 bridgehead atoms. The van der Waals surface area contributed by atoms with Gasteiger partial charge in [0.1, 0.15) is 0 Å². The van der Waals surface area contributed by atoms with Gasteiger partial charge in [-0.25, -0.2) is 4.79 Å². The van der Waals surface area contributed by atoms with Crippen LogP contribution in [-0.2, 0) is 14.3 Å². The Morgan fingerprint density at radius 1 is 1.00 bits per heavy atom. The lowest BCUT2D eigenvalue weighted by molar-refractivity contribution is -0.136. The molecule has 2 aromatic rings. The van der Waals surface area contributed by atoms with Crippen LogP contribution < -0.4 is 5.32 Å². The maximum absolute atomic E-state index is 12.2. The zero-order valence-electron chi connectivity index (χ0n) is 17.0. The molecule has 0 atom stereocenters. The Morgan fingerprint density at radius 3 is 2.17 bits per heavy atom. The Labute approximate surface area is 175 Å². The molecule has 1 amide bonds. The van der Waals surface area contributed by atoms with E-state index in [0.29, 0.717) is 11.3 Å². The SMILES string of the molecule is CSc1ccc(/C=C/C(=O)OCC(=O)c2ccc(NC(=O)C(C)(C)C)cc2)cc1. The van der Waals surface area contributed by atoms with Gasteiger partial charge in [0, 0.05) is 27.6 Å². The van der Waals surface area contributed by atoms with Crippen molar-refractivity contribution in [3.8, 4) is 0 Å². The minimum absolute atomic E-state index is 0.111. The van der Waals surface area contributed by atoms with Gasteiger partial charge in [-0.15, -0.1) is 11.8 Å². The predicted molar refractivity (Wildman–Crippen MR) is 117 cm³/mol. The average molecular weight is 412 g/mol. The number of carbonyl (C=O) groups is 3. The lowest BCUT2D eigenvalue weighted by Gasteiger charge is -2.17. The van der Waals surface area contributed by atoms with Crippen LogP contribution in [0.4, 0.5) is 5.69 Å². The quantitative estimate of drug-likeness (QED) is 0.306. The van der Waals surface area contributed by atoms with E-state index in [1.807, 2.05) is 51.3 Å². The summed E-state index contributed by atoms with van der Waals surface area (Å²) in [6.45, 7) is 5.12. The van der Waals surface area contributed by atoms with Crippen molar-refractivity contribution >= 4 is 41.2 Å². The van der Waals surface area contributed by atoms with Crippen LogP contribution in [0.25, 0.3) is 6.08 Å². The zero-order valence-corrected chi connectivity index (χ0v) is 17.8. The Hall–Kier alpha value is -2.86. The molecule has 152 valence electrons.